The van der Waals surface area contributed by atoms with Gasteiger partial charge in [0, 0.05) is 6.54 Å². The molecule has 3 aromatic rings. The maximum absolute atomic E-state index is 10.8. The average molecular weight is 370 g/mol. The fourth-order valence-corrected chi connectivity index (χ4v) is 3.95. The number of thiophene rings is 2. The molecule has 128 valence electrons. The summed E-state index contributed by atoms with van der Waals surface area (Å²) in [4.78, 5) is 12.6. The number of carbonyl (C=O) groups is 1. The van der Waals surface area contributed by atoms with Crippen LogP contribution in [0.15, 0.2) is 64.0 Å². The quantitative estimate of drug-likeness (QED) is 0.642. The Morgan fingerprint density at radius 2 is 1.72 bits per heavy atom. The van der Waals surface area contributed by atoms with Gasteiger partial charge in [0.05, 0.1) is 6.54 Å². The van der Waals surface area contributed by atoms with Gasteiger partial charge in [0.2, 0.25) is 0 Å². The van der Waals surface area contributed by atoms with Crippen molar-refractivity contribution in [3.63, 3.8) is 0 Å². The molecule has 1 N–H and O–H groups in total. The first-order valence-corrected chi connectivity index (χ1v) is 9.78. The molecule has 0 radical (unpaired) electrons. The van der Waals surface area contributed by atoms with Crippen LogP contribution in [-0.4, -0.2) is 36.1 Å². The highest BCUT2D eigenvalue weighted by molar-refractivity contribution is 7.08. The van der Waals surface area contributed by atoms with Gasteiger partial charge in [0.1, 0.15) is 0 Å². The summed E-state index contributed by atoms with van der Waals surface area (Å²) in [6.45, 7) is 0.619. The smallest absolute Gasteiger partial charge is 0.317 e. The highest BCUT2D eigenvalue weighted by atomic mass is 32.1. The highest BCUT2D eigenvalue weighted by Crippen LogP contribution is 2.28. The van der Waals surface area contributed by atoms with Crippen LogP contribution in [0.2, 0.25) is 0 Å². The van der Waals surface area contributed by atoms with E-state index in [0.29, 0.717) is 6.54 Å². The summed E-state index contributed by atoms with van der Waals surface area (Å²) >= 11 is 3.36. The zero-order chi connectivity index (χ0) is 17.6. The molecule has 0 saturated carbocycles. The summed E-state index contributed by atoms with van der Waals surface area (Å²) in [5, 5.41) is 17.3. The minimum absolute atomic E-state index is 0.0323. The van der Waals surface area contributed by atoms with Crippen LogP contribution < -0.4 is 0 Å². The van der Waals surface area contributed by atoms with E-state index in [2.05, 4.69) is 64.0 Å². The van der Waals surface area contributed by atoms with Crippen molar-refractivity contribution in [2.24, 2.45) is 0 Å². The van der Waals surface area contributed by atoms with Gasteiger partial charge in [-0.25, -0.2) is 0 Å². The second-order valence-electron chi connectivity index (χ2n) is 5.81. The van der Waals surface area contributed by atoms with Crippen LogP contribution in [0.25, 0.3) is 16.7 Å². The molecule has 0 aliphatic carbocycles. The molecule has 0 amide bonds. The lowest BCUT2D eigenvalue weighted by atomic mass is 9.97. The number of hydrogen-bond acceptors (Lipinski definition) is 4. The van der Waals surface area contributed by atoms with Crippen LogP contribution >= 0.6 is 22.7 Å². The number of nitrogens with zero attached hydrogens (tertiary/aromatic N) is 1. The maximum atomic E-state index is 10.8. The van der Waals surface area contributed by atoms with E-state index in [-0.39, 0.29) is 6.54 Å². The summed E-state index contributed by atoms with van der Waals surface area (Å²) < 4.78 is 0. The van der Waals surface area contributed by atoms with Crippen LogP contribution in [0.4, 0.5) is 0 Å². The molecule has 0 atom stereocenters. The second kappa shape index (κ2) is 8.25. The molecule has 0 saturated heterocycles. The molecule has 0 spiro atoms. The molecule has 5 heteroatoms. The molecule has 3 rings (SSSR count). The van der Waals surface area contributed by atoms with E-state index in [9.17, 15) is 4.79 Å². The lowest BCUT2D eigenvalue weighted by Crippen LogP contribution is -2.25. The van der Waals surface area contributed by atoms with Crippen molar-refractivity contribution in [1.29, 1.82) is 0 Å². The summed E-state index contributed by atoms with van der Waals surface area (Å²) in [7, 11) is 1.82. The Labute approximate surface area is 155 Å². The normalized spacial score (nSPS) is 11.8. The first-order chi connectivity index (χ1) is 12.1. The van der Waals surface area contributed by atoms with E-state index < -0.39 is 5.97 Å². The summed E-state index contributed by atoms with van der Waals surface area (Å²) in [6, 6.07) is 12.8. The Bertz CT molecular complexity index is 834. The molecular weight excluding hydrogens is 350 g/mol. The van der Waals surface area contributed by atoms with Crippen LogP contribution in [-0.2, 0) is 4.79 Å². The third kappa shape index (κ3) is 4.66. The van der Waals surface area contributed by atoms with Crippen LogP contribution in [0, 0.1) is 0 Å². The molecule has 0 fully saturated rings. The van der Waals surface area contributed by atoms with Crippen molar-refractivity contribution in [2.45, 2.75) is 0 Å². The number of carboxylic acids is 1. The molecule has 2 aromatic heterocycles. The Balaban J connectivity index is 1.86. The fourth-order valence-electron chi connectivity index (χ4n) is 2.63. The van der Waals surface area contributed by atoms with Gasteiger partial charge in [-0.3, -0.25) is 9.69 Å². The predicted molar refractivity (Wildman–Crippen MR) is 106 cm³/mol. The predicted octanol–water partition coefficient (Wildman–Crippen LogP) is 4.92. The van der Waals surface area contributed by atoms with E-state index in [4.69, 9.17) is 5.11 Å². The number of carboxylic acid groups (broad SMARTS) is 1. The largest absolute Gasteiger partial charge is 0.480 e. The van der Waals surface area contributed by atoms with Crippen molar-refractivity contribution in [2.75, 3.05) is 20.1 Å². The fraction of sp³-hybridized carbons (Fsp3) is 0.150. The zero-order valence-corrected chi connectivity index (χ0v) is 15.5. The molecule has 2 heterocycles. The van der Waals surface area contributed by atoms with E-state index in [1.54, 1.807) is 27.6 Å². The second-order valence-corrected chi connectivity index (χ2v) is 7.37. The van der Waals surface area contributed by atoms with E-state index in [1.807, 2.05) is 7.05 Å². The molecule has 0 bridgehead atoms. The first-order valence-electron chi connectivity index (χ1n) is 7.89. The lowest BCUT2D eigenvalue weighted by molar-refractivity contribution is -0.137. The Morgan fingerprint density at radius 1 is 1.00 bits per heavy atom. The van der Waals surface area contributed by atoms with Gasteiger partial charge in [-0.05, 0) is 68.5 Å². The van der Waals surface area contributed by atoms with Crippen LogP contribution in [0.3, 0.4) is 0 Å². The topological polar surface area (TPSA) is 40.5 Å². The molecule has 0 aliphatic heterocycles. The maximum Gasteiger partial charge on any atom is 0.317 e. The van der Waals surface area contributed by atoms with Crippen LogP contribution in [0.1, 0.15) is 11.1 Å². The van der Waals surface area contributed by atoms with Crippen molar-refractivity contribution in [3.8, 4) is 11.1 Å². The van der Waals surface area contributed by atoms with Crippen LogP contribution in [0.5, 0.6) is 0 Å². The molecule has 0 aliphatic rings. The number of hydrogen-bond donors (Lipinski definition) is 1. The van der Waals surface area contributed by atoms with Crippen molar-refractivity contribution < 1.29 is 9.90 Å². The zero-order valence-electron chi connectivity index (χ0n) is 13.9. The van der Waals surface area contributed by atoms with Gasteiger partial charge < -0.3 is 5.11 Å². The molecule has 3 nitrogen and oxygen atoms in total. The number of likely N-dealkylation sites (N-methyl/N-ethyl adjacent to an activating group) is 1. The molecule has 0 unspecified atom stereocenters. The Kier molecular flexibility index (Phi) is 5.81. The molecule has 1 aromatic carbocycles. The lowest BCUT2D eigenvalue weighted by Gasteiger charge is -2.13. The third-order valence-electron chi connectivity index (χ3n) is 3.89. The molecule has 25 heavy (non-hydrogen) atoms. The van der Waals surface area contributed by atoms with Gasteiger partial charge in [0.25, 0.3) is 0 Å². The van der Waals surface area contributed by atoms with Gasteiger partial charge in [-0.2, -0.15) is 22.7 Å². The van der Waals surface area contributed by atoms with Gasteiger partial charge in [-0.15, -0.1) is 0 Å². The van der Waals surface area contributed by atoms with Gasteiger partial charge >= 0.3 is 5.97 Å². The standard InChI is InChI=1S/C20H19NO2S2/c1-21(12-20(22)23)9-6-19(18-8-11-25-14-18)16-4-2-15(3-5-16)17-7-10-24-13-17/h2-8,10-11,13-14H,9,12H2,1H3,(H,22,23)/b19-6-. The summed E-state index contributed by atoms with van der Waals surface area (Å²) in [5.41, 5.74) is 5.88. The van der Waals surface area contributed by atoms with Gasteiger partial charge in [-0.1, -0.05) is 30.3 Å². The Hall–Kier alpha value is -2.21. The molecular formula is C20H19NO2S2. The minimum Gasteiger partial charge on any atom is -0.480 e. The highest BCUT2D eigenvalue weighted by Gasteiger charge is 2.08. The van der Waals surface area contributed by atoms with E-state index in [0.717, 1.165) is 16.7 Å². The summed E-state index contributed by atoms with van der Waals surface area (Å²) in [6.07, 6.45) is 2.10. The van der Waals surface area contributed by atoms with Gasteiger partial charge in [0.15, 0.2) is 0 Å². The number of rotatable bonds is 7. The number of aliphatic carboxylic acids is 1. The van der Waals surface area contributed by atoms with E-state index >= 15 is 0 Å². The third-order valence-corrected chi connectivity index (χ3v) is 5.26. The van der Waals surface area contributed by atoms with Crippen molar-refractivity contribution in [3.05, 3.63) is 75.1 Å². The number of benzene rings is 1. The van der Waals surface area contributed by atoms with Crippen molar-refractivity contribution >= 4 is 34.2 Å². The summed E-state index contributed by atoms with van der Waals surface area (Å²) in [5.74, 6) is -0.812. The monoisotopic (exact) mass is 369 g/mol. The minimum atomic E-state index is -0.812. The van der Waals surface area contributed by atoms with E-state index in [1.165, 1.54) is 11.1 Å². The Morgan fingerprint density at radius 3 is 2.32 bits per heavy atom. The first kappa shape index (κ1) is 17.6. The average Bonchev–Trinajstić information content (AvgIpc) is 3.29. The van der Waals surface area contributed by atoms with Crippen molar-refractivity contribution in [1.82, 2.24) is 4.90 Å². The SMILES string of the molecule is CN(C/C=C(/c1ccc(-c2ccsc2)cc1)c1ccsc1)CC(=O)O.